The lowest BCUT2D eigenvalue weighted by Crippen LogP contribution is -2.45. The van der Waals surface area contributed by atoms with Crippen LogP contribution in [0.4, 0.5) is 4.79 Å². The summed E-state index contributed by atoms with van der Waals surface area (Å²) in [7, 11) is 0. The molecule has 0 aromatic heterocycles. The van der Waals surface area contributed by atoms with Gasteiger partial charge in [-0.05, 0) is 12.8 Å². The van der Waals surface area contributed by atoms with Crippen molar-refractivity contribution in [2.45, 2.75) is 26.7 Å². The number of carboxylic acid groups (broad SMARTS) is 1. The molecule has 0 unspecified atom stereocenters. The smallest absolute Gasteiger partial charge is 0.322 e. The first-order valence-electron chi connectivity index (χ1n) is 6.02. The molecule has 3 amide bonds. The van der Waals surface area contributed by atoms with Gasteiger partial charge in [-0.3, -0.25) is 9.59 Å². The van der Waals surface area contributed by atoms with E-state index in [4.69, 9.17) is 5.11 Å². The molecule has 0 heterocycles. The summed E-state index contributed by atoms with van der Waals surface area (Å²) in [5.74, 6) is -1.63. The van der Waals surface area contributed by atoms with Crippen LogP contribution >= 0.6 is 0 Å². The molecule has 0 saturated heterocycles. The topological polar surface area (TPSA) is 98.7 Å². The number of carbonyl (C=O) groups excluding carboxylic acids is 2. The van der Waals surface area contributed by atoms with E-state index in [1.165, 1.54) is 0 Å². The number of carbonyl (C=O) groups is 3. The SMILES string of the molecule is CCCN(CCC)C(=O)NCC(=O)NCC(=O)O. The molecule has 0 bridgehead atoms. The number of rotatable bonds is 8. The normalized spacial score (nSPS) is 9.67. The highest BCUT2D eigenvalue weighted by Crippen LogP contribution is 1.94. The van der Waals surface area contributed by atoms with Crippen LogP contribution in [0.25, 0.3) is 0 Å². The van der Waals surface area contributed by atoms with Gasteiger partial charge in [-0.15, -0.1) is 0 Å². The number of aliphatic carboxylic acids is 1. The van der Waals surface area contributed by atoms with Crippen molar-refractivity contribution in [2.24, 2.45) is 0 Å². The minimum absolute atomic E-state index is 0.212. The zero-order chi connectivity index (χ0) is 14.0. The Kier molecular flexibility index (Phi) is 8.34. The maximum absolute atomic E-state index is 11.7. The van der Waals surface area contributed by atoms with Crippen molar-refractivity contribution >= 4 is 17.9 Å². The van der Waals surface area contributed by atoms with Gasteiger partial charge in [0.05, 0.1) is 6.54 Å². The lowest BCUT2D eigenvalue weighted by Gasteiger charge is -2.21. The summed E-state index contributed by atoms with van der Waals surface area (Å²) < 4.78 is 0. The highest BCUT2D eigenvalue weighted by molar-refractivity contribution is 5.86. The van der Waals surface area contributed by atoms with Gasteiger partial charge in [0.15, 0.2) is 0 Å². The maximum atomic E-state index is 11.7. The first-order chi connectivity index (χ1) is 8.51. The quantitative estimate of drug-likeness (QED) is 0.572. The number of nitrogens with zero attached hydrogens (tertiary/aromatic N) is 1. The Balaban J connectivity index is 3.98. The maximum Gasteiger partial charge on any atom is 0.322 e. The van der Waals surface area contributed by atoms with Crippen molar-refractivity contribution in [2.75, 3.05) is 26.2 Å². The molecule has 7 nitrogen and oxygen atoms in total. The molecule has 7 heteroatoms. The fourth-order valence-electron chi connectivity index (χ4n) is 1.36. The molecule has 0 aliphatic rings. The van der Waals surface area contributed by atoms with E-state index >= 15 is 0 Å². The molecule has 0 aromatic rings. The molecule has 18 heavy (non-hydrogen) atoms. The Morgan fingerprint density at radius 1 is 1.00 bits per heavy atom. The molecule has 0 aliphatic heterocycles. The molecule has 0 spiro atoms. The van der Waals surface area contributed by atoms with Crippen LogP contribution in [0.3, 0.4) is 0 Å². The second-order valence-corrected chi connectivity index (χ2v) is 3.82. The van der Waals surface area contributed by atoms with Gasteiger partial charge in [-0.25, -0.2) is 4.79 Å². The highest BCUT2D eigenvalue weighted by atomic mass is 16.4. The number of urea groups is 1. The number of hydrogen-bond acceptors (Lipinski definition) is 3. The number of hydrogen-bond donors (Lipinski definition) is 3. The van der Waals surface area contributed by atoms with Gasteiger partial charge in [0.25, 0.3) is 0 Å². The van der Waals surface area contributed by atoms with Crippen LogP contribution in [-0.4, -0.2) is 54.1 Å². The van der Waals surface area contributed by atoms with Crippen LogP contribution < -0.4 is 10.6 Å². The molecule has 0 atom stereocenters. The Morgan fingerprint density at radius 3 is 2.00 bits per heavy atom. The van der Waals surface area contributed by atoms with Crippen molar-refractivity contribution in [1.82, 2.24) is 15.5 Å². The monoisotopic (exact) mass is 259 g/mol. The standard InChI is InChI=1S/C11H21N3O4/c1-3-5-14(6-4-2)11(18)13-7-9(15)12-8-10(16)17/h3-8H2,1-2H3,(H,12,15)(H,13,18)(H,16,17). The average molecular weight is 259 g/mol. The van der Waals surface area contributed by atoms with E-state index in [1.54, 1.807) is 4.90 Å². The first kappa shape index (κ1) is 16.2. The third-order valence-corrected chi connectivity index (χ3v) is 2.11. The molecule has 104 valence electrons. The third-order valence-electron chi connectivity index (χ3n) is 2.11. The first-order valence-corrected chi connectivity index (χ1v) is 6.02. The van der Waals surface area contributed by atoms with Crippen LogP contribution in [0, 0.1) is 0 Å². The summed E-state index contributed by atoms with van der Waals surface area (Å²) in [6.07, 6.45) is 1.69. The van der Waals surface area contributed by atoms with Gasteiger partial charge in [0, 0.05) is 13.1 Å². The molecule has 3 N–H and O–H groups in total. The second kappa shape index (κ2) is 9.26. The van der Waals surface area contributed by atoms with Gasteiger partial charge in [-0.1, -0.05) is 13.8 Å². The van der Waals surface area contributed by atoms with Crippen LogP contribution in [0.5, 0.6) is 0 Å². The predicted octanol–water partition coefficient (Wildman–Crippen LogP) is 0.0188. The Labute approximate surface area is 107 Å². The van der Waals surface area contributed by atoms with Crippen molar-refractivity contribution in [1.29, 1.82) is 0 Å². The van der Waals surface area contributed by atoms with E-state index in [2.05, 4.69) is 10.6 Å². The minimum atomic E-state index is -1.12. The summed E-state index contributed by atoms with van der Waals surface area (Å²) in [6, 6.07) is -0.302. The highest BCUT2D eigenvalue weighted by Gasteiger charge is 2.12. The Hall–Kier alpha value is -1.79. The van der Waals surface area contributed by atoms with E-state index in [1.807, 2.05) is 13.8 Å². The lowest BCUT2D eigenvalue weighted by atomic mass is 10.4. The Morgan fingerprint density at radius 2 is 1.56 bits per heavy atom. The number of nitrogens with one attached hydrogen (secondary N) is 2. The number of amides is 3. The lowest BCUT2D eigenvalue weighted by molar-refractivity contribution is -0.137. The summed E-state index contributed by atoms with van der Waals surface area (Å²) >= 11 is 0. The van der Waals surface area contributed by atoms with E-state index in [0.29, 0.717) is 13.1 Å². The minimum Gasteiger partial charge on any atom is -0.480 e. The van der Waals surface area contributed by atoms with Crippen molar-refractivity contribution in [3.8, 4) is 0 Å². The third kappa shape index (κ3) is 7.48. The molecule has 0 fully saturated rings. The summed E-state index contributed by atoms with van der Waals surface area (Å²) in [6.45, 7) is 4.55. The van der Waals surface area contributed by atoms with E-state index in [-0.39, 0.29) is 12.6 Å². The molecule has 0 aliphatic carbocycles. The average Bonchev–Trinajstić information content (AvgIpc) is 2.33. The summed E-state index contributed by atoms with van der Waals surface area (Å²) in [4.78, 5) is 34.7. The predicted molar refractivity (Wildman–Crippen MR) is 66.2 cm³/mol. The van der Waals surface area contributed by atoms with Crippen molar-refractivity contribution in [3.05, 3.63) is 0 Å². The second-order valence-electron chi connectivity index (χ2n) is 3.82. The van der Waals surface area contributed by atoms with Gasteiger partial charge >= 0.3 is 12.0 Å². The van der Waals surface area contributed by atoms with Crippen LogP contribution in [0.15, 0.2) is 0 Å². The van der Waals surface area contributed by atoms with E-state index in [9.17, 15) is 14.4 Å². The largest absolute Gasteiger partial charge is 0.480 e. The zero-order valence-electron chi connectivity index (χ0n) is 10.9. The van der Waals surface area contributed by atoms with E-state index in [0.717, 1.165) is 12.8 Å². The van der Waals surface area contributed by atoms with Crippen molar-refractivity contribution in [3.63, 3.8) is 0 Å². The summed E-state index contributed by atoms with van der Waals surface area (Å²) in [5, 5.41) is 13.0. The molecule has 0 rings (SSSR count). The van der Waals surface area contributed by atoms with Crippen molar-refractivity contribution < 1.29 is 19.5 Å². The molecule has 0 radical (unpaired) electrons. The van der Waals surface area contributed by atoms with Gasteiger partial charge in [-0.2, -0.15) is 0 Å². The molecular weight excluding hydrogens is 238 g/mol. The van der Waals surface area contributed by atoms with E-state index < -0.39 is 18.4 Å². The molecule has 0 saturated carbocycles. The fourth-order valence-corrected chi connectivity index (χ4v) is 1.36. The van der Waals surface area contributed by atoms with Gasteiger partial charge < -0.3 is 20.6 Å². The van der Waals surface area contributed by atoms with Gasteiger partial charge in [0.1, 0.15) is 6.54 Å². The zero-order valence-corrected chi connectivity index (χ0v) is 10.9. The van der Waals surface area contributed by atoms with Crippen LogP contribution in [0.1, 0.15) is 26.7 Å². The molecular formula is C11H21N3O4. The Bertz CT molecular complexity index is 288. The number of carboxylic acids is 1. The summed E-state index contributed by atoms with van der Waals surface area (Å²) in [5.41, 5.74) is 0. The van der Waals surface area contributed by atoms with Crippen LogP contribution in [0.2, 0.25) is 0 Å². The molecule has 0 aromatic carbocycles. The van der Waals surface area contributed by atoms with Crippen LogP contribution in [-0.2, 0) is 9.59 Å². The fraction of sp³-hybridized carbons (Fsp3) is 0.727. The van der Waals surface area contributed by atoms with Gasteiger partial charge in [0.2, 0.25) is 5.91 Å².